The molecular weight excluding hydrogens is 360 g/mol. The number of aliphatic hydroxyl groups is 1. The summed E-state index contributed by atoms with van der Waals surface area (Å²) >= 11 is 5.47. The summed E-state index contributed by atoms with van der Waals surface area (Å²) in [5.41, 5.74) is 1.25. The van der Waals surface area contributed by atoms with Gasteiger partial charge in [0.2, 0.25) is 0 Å². The zero-order valence-electron chi connectivity index (χ0n) is 13.2. The molecule has 1 fully saturated rings. The Morgan fingerprint density at radius 2 is 1.84 bits per heavy atom. The number of anilines is 2. The lowest BCUT2D eigenvalue weighted by Crippen LogP contribution is -2.48. The van der Waals surface area contributed by atoms with Crippen LogP contribution in [0.2, 0.25) is 0 Å². The van der Waals surface area contributed by atoms with Crippen molar-refractivity contribution < 1.29 is 18.6 Å². The fourth-order valence-corrected chi connectivity index (χ4v) is 4.99. The number of hydrogen-bond acceptors (Lipinski definition) is 5. The number of aromatic hydroxyl groups is 1. The first-order chi connectivity index (χ1) is 11.9. The summed E-state index contributed by atoms with van der Waals surface area (Å²) in [5, 5.41) is 23.3. The van der Waals surface area contributed by atoms with Gasteiger partial charge in [-0.1, -0.05) is 24.3 Å². The van der Waals surface area contributed by atoms with Crippen molar-refractivity contribution in [2.75, 3.05) is 21.7 Å². The van der Waals surface area contributed by atoms with Gasteiger partial charge in [-0.05, 0) is 36.5 Å². The number of nitrogens with zero attached hydrogens (tertiary/aromatic N) is 1. The Balaban J connectivity index is 1.96. The molecule has 0 spiro atoms. The van der Waals surface area contributed by atoms with E-state index in [0.717, 1.165) is 5.69 Å². The fraction of sp³-hybridized carbons (Fsp3) is 0.235. The number of rotatable bonds is 3. The van der Waals surface area contributed by atoms with Crippen LogP contribution in [0.4, 0.5) is 11.4 Å². The molecule has 0 amide bonds. The van der Waals surface area contributed by atoms with Crippen molar-refractivity contribution in [2.24, 2.45) is 0 Å². The molecule has 3 rings (SSSR count). The lowest BCUT2D eigenvalue weighted by molar-refractivity contribution is 0.184. The highest BCUT2D eigenvalue weighted by Crippen LogP contribution is 2.28. The van der Waals surface area contributed by atoms with Crippen molar-refractivity contribution in [3.8, 4) is 5.75 Å². The lowest BCUT2D eigenvalue weighted by Gasteiger charge is -2.32. The molecule has 2 aromatic carbocycles. The summed E-state index contributed by atoms with van der Waals surface area (Å²) in [7, 11) is -3.36. The summed E-state index contributed by atoms with van der Waals surface area (Å²) < 4.78 is 23.9. The van der Waals surface area contributed by atoms with Crippen LogP contribution in [0.15, 0.2) is 54.6 Å². The van der Waals surface area contributed by atoms with Crippen LogP contribution in [0.1, 0.15) is 0 Å². The fourth-order valence-electron chi connectivity index (χ4n) is 2.86. The van der Waals surface area contributed by atoms with Gasteiger partial charge in [0.05, 0.1) is 23.7 Å². The Morgan fingerprint density at radius 1 is 1.12 bits per heavy atom. The normalized spacial score (nSPS) is 21.6. The highest BCUT2D eigenvalue weighted by atomic mass is 32.2. The van der Waals surface area contributed by atoms with E-state index in [2.05, 4.69) is 5.32 Å². The first-order valence-corrected chi connectivity index (χ1v) is 9.91. The Bertz CT molecular complexity index is 871. The molecule has 0 saturated carbocycles. The van der Waals surface area contributed by atoms with Crippen molar-refractivity contribution in [1.82, 2.24) is 0 Å². The van der Waals surface area contributed by atoms with Gasteiger partial charge >= 0.3 is 0 Å². The van der Waals surface area contributed by atoms with Crippen molar-refractivity contribution in [1.29, 1.82) is 0 Å². The summed E-state index contributed by atoms with van der Waals surface area (Å²) in [6.07, 6.45) is -1.07. The molecule has 132 valence electrons. The van der Waals surface area contributed by atoms with E-state index in [-0.39, 0.29) is 22.4 Å². The number of thiocarbonyl (C=S) groups is 1. The van der Waals surface area contributed by atoms with Crippen LogP contribution in [0.3, 0.4) is 0 Å². The number of phenolic OH excluding ortho intramolecular Hbond substituents is 1. The van der Waals surface area contributed by atoms with E-state index in [0.29, 0.717) is 5.69 Å². The molecule has 3 N–H and O–H groups in total. The van der Waals surface area contributed by atoms with Crippen molar-refractivity contribution in [2.45, 2.75) is 12.1 Å². The second-order valence-corrected chi connectivity index (χ2v) is 8.44. The molecule has 1 aliphatic rings. The zero-order chi connectivity index (χ0) is 18.0. The SMILES string of the molecule is O=S1(=O)C[C@H](O)[C@@H](N(C(=S)Nc2ccccc2)c2cccc(O)c2)C1. The van der Waals surface area contributed by atoms with E-state index >= 15 is 0 Å². The van der Waals surface area contributed by atoms with Gasteiger partial charge in [-0.15, -0.1) is 0 Å². The van der Waals surface area contributed by atoms with Crippen molar-refractivity contribution in [3.05, 3.63) is 54.6 Å². The number of aliphatic hydroxyl groups excluding tert-OH is 1. The van der Waals surface area contributed by atoms with Crippen molar-refractivity contribution in [3.63, 3.8) is 0 Å². The van der Waals surface area contributed by atoms with E-state index < -0.39 is 22.0 Å². The van der Waals surface area contributed by atoms with Crippen LogP contribution in [-0.2, 0) is 9.84 Å². The summed E-state index contributed by atoms with van der Waals surface area (Å²) in [6, 6.07) is 14.8. The maximum atomic E-state index is 11.9. The number of phenols is 1. The molecule has 25 heavy (non-hydrogen) atoms. The Labute approximate surface area is 151 Å². The highest BCUT2D eigenvalue weighted by Gasteiger charge is 2.41. The Hall–Kier alpha value is -2.16. The molecule has 2 atom stereocenters. The average molecular weight is 378 g/mol. The van der Waals surface area contributed by atoms with Gasteiger partial charge in [0.1, 0.15) is 5.75 Å². The number of nitrogens with one attached hydrogen (secondary N) is 1. The Morgan fingerprint density at radius 3 is 2.44 bits per heavy atom. The second-order valence-electron chi connectivity index (χ2n) is 5.90. The molecule has 0 aliphatic carbocycles. The predicted molar refractivity (Wildman–Crippen MR) is 102 cm³/mol. The molecule has 2 aromatic rings. The molecule has 6 nitrogen and oxygen atoms in total. The van der Waals surface area contributed by atoms with Gasteiger partial charge in [0.25, 0.3) is 0 Å². The lowest BCUT2D eigenvalue weighted by atomic mass is 10.1. The van der Waals surface area contributed by atoms with Crippen LogP contribution >= 0.6 is 12.2 Å². The zero-order valence-corrected chi connectivity index (χ0v) is 14.9. The summed E-state index contributed by atoms with van der Waals surface area (Å²) in [6.45, 7) is 0. The first-order valence-electron chi connectivity index (χ1n) is 7.68. The molecule has 8 heteroatoms. The van der Waals surface area contributed by atoms with Crippen LogP contribution in [0.5, 0.6) is 5.75 Å². The minimum Gasteiger partial charge on any atom is -0.508 e. The van der Waals surface area contributed by atoms with E-state index in [4.69, 9.17) is 12.2 Å². The second kappa shape index (κ2) is 6.99. The first kappa shape index (κ1) is 17.7. The molecule has 0 unspecified atom stereocenters. The third-order valence-electron chi connectivity index (χ3n) is 3.98. The maximum Gasteiger partial charge on any atom is 0.178 e. The third-order valence-corrected chi connectivity index (χ3v) is 5.97. The monoisotopic (exact) mass is 378 g/mol. The number of para-hydroxylation sites is 1. The average Bonchev–Trinajstić information content (AvgIpc) is 2.81. The largest absolute Gasteiger partial charge is 0.508 e. The van der Waals surface area contributed by atoms with Gasteiger partial charge < -0.3 is 20.4 Å². The van der Waals surface area contributed by atoms with Gasteiger partial charge in [-0.2, -0.15) is 0 Å². The van der Waals surface area contributed by atoms with Gasteiger partial charge in [0.15, 0.2) is 14.9 Å². The Kier molecular flexibility index (Phi) is 4.94. The number of hydrogen-bond donors (Lipinski definition) is 3. The van der Waals surface area contributed by atoms with Gasteiger partial charge in [-0.3, -0.25) is 0 Å². The quantitative estimate of drug-likeness (QED) is 0.701. The molecule has 1 aliphatic heterocycles. The molecule has 0 radical (unpaired) electrons. The minimum atomic E-state index is -3.36. The number of benzene rings is 2. The van der Waals surface area contributed by atoms with Crippen molar-refractivity contribution >= 4 is 38.5 Å². The van der Waals surface area contributed by atoms with Crippen LogP contribution in [-0.4, -0.2) is 47.4 Å². The molecule has 1 saturated heterocycles. The van der Waals surface area contributed by atoms with E-state index in [1.54, 1.807) is 17.0 Å². The highest BCUT2D eigenvalue weighted by molar-refractivity contribution is 7.91. The van der Waals surface area contributed by atoms with Crippen LogP contribution in [0.25, 0.3) is 0 Å². The van der Waals surface area contributed by atoms with Gasteiger partial charge in [-0.25, -0.2) is 8.42 Å². The van der Waals surface area contributed by atoms with E-state index in [1.807, 2.05) is 30.3 Å². The standard InChI is InChI=1S/C17H18N2O4S2/c20-14-8-4-7-13(9-14)19(15-10-25(22,23)11-16(15)21)17(24)18-12-5-2-1-3-6-12/h1-9,15-16,20-21H,10-11H2,(H,18,24)/t15-,16-/m0/s1. The molecule has 0 bridgehead atoms. The third kappa shape index (κ3) is 4.09. The summed E-state index contributed by atoms with van der Waals surface area (Å²) in [4.78, 5) is 1.55. The predicted octanol–water partition coefficient (Wildman–Crippen LogP) is 1.75. The number of sulfone groups is 1. The summed E-state index contributed by atoms with van der Waals surface area (Å²) in [5.74, 6) is -0.484. The molecule has 0 aromatic heterocycles. The van der Waals surface area contributed by atoms with Crippen LogP contribution < -0.4 is 10.2 Å². The van der Waals surface area contributed by atoms with E-state index in [9.17, 15) is 18.6 Å². The molecule has 1 heterocycles. The molecular formula is C17H18N2O4S2. The van der Waals surface area contributed by atoms with Gasteiger partial charge in [0, 0.05) is 17.4 Å². The van der Waals surface area contributed by atoms with E-state index in [1.165, 1.54) is 12.1 Å². The topological polar surface area (TPSA) is 89.9 Å². The minimum absolute atomic E-state index is 0.0281. The maximum absolute atomic E-state index is 11.9. The smallest absolute Gasteiger partial charge is 0.178 e. The van der Waals surface area contributed by atoms with Crippen LogP contribution in [0, 0.1) is 0 Å².